The van der Waals surface area contributed by atoms with Gasteiger partial charge in [-0.15, -0.1) is 0 Å². The van der Waals surface area contributed by atoms with E-state index in [0.717, 1.165) is 22.3 Å². The number of carbonyl (C=O) groups excluding carboxylic acids is 3. The summed E-state index contributed by atoms with van der Waals surface area (Å²) in [6.07, 6.45) is 1.41. The Balaban J connectivity index is 1.69. The first-order valence-electron chi connectivity index (χ1n) is 9.50. The van der Waals surface area contributed by atoms with Gasteiger partial charge in [0.1, 0.15) is 0 Å². The smallest absolute Gasteiger partial charge is 0.338 e. The second-order valence-electron chi connectivity index (χ2n) is 7.21. The van der Waals surface area contributed by atoms with Crippen LogP contribution in [-0.4, -0.2) is 24.3 Å². The molecular formula is C24H23NO5. The van der Waals surface area contributed by atoms with Crippen molar-refractivity contribution in [3.8, 4) is 0 Å². The van der Waals surface area contributed by atoms with Crippen molar-refractivity contribution >= 4 is 23.3 Å². The van der Waals surface area contributed by atoms with Gasteiger partial charge in [-0.25, -0.2) is 4.79 Å². The second-order valence-corrected chi connectivity index (χ2v) is 7.21. The first kappa shape index (κ1) is 21.0. The largest absolute Gasteiger partial charge is 0.459 e. The number of ether oxygens (including phenoxy) is 1. The maximum absolute atomic E-state index is 12.5. The fraction of sp³-hybridized carbons (Fsp3) is 0.208. The highest BCUT2D eigenvalue weighted by Gasteiger charge is 2.17. The number of benzene rings is 2. The maximum atomic E-state index is 12.5. The molecule has 6 heteroatoms. The van der Waals surface area contributed by atoms with Crippen LogP contribution in [0, 0.1) is 27.7 Å². The van der Waals surface area contributed by atoms with Crippen LogP contribution in [0.3, 0.4) is 0 Å². The molecule has 0 bridgehead atoms. The number of esters is 1. The summed E-state index contributed by atoms with van der Waals surface area (Å²) in [7, 11) is 0. The Hall–Kier alpha value is -3.67. The Morgan fingerprint density at radius 2 is 1.63 bits per heavy atom. The van der Waals surface area contributed by atoms with Crippen LogP contribution in [0.2, 0.25) is 0 Å². The molecule has 0 saturated carbocycles. The molecule has 3 aromatic rings. The predicted molar refractivity (Wildman–Crippen MR) is 113 cm³/mol. The molecule has 0 radical (unpaired) electrons. The highest BCUT2D eigenvalue weighted by molar-refractivity contribution is 6.04. The highest BCUT2D eigenvalue weighted by Crippen LogP contribution is 2.20. The predicted octanol–water partition coefficient (Wildman–Crippen LogP) is 4.81. The van der Waals surface area contributed by atoms with Crippen LogP contribution in [0.5, 0.6) is 0 Å². The second kappa shape index (κ2) is 8.78. The molecule has 2 aromatic carbocycles. The molecule has 1 N–H and O–H groups in total. The van der Waals surface area contributed by atoms with Gasteiger partial charge in [0.05, 0.1) is 11.8 Å². The van der Waals surface area contributed by atoms with Crippen LogP contribution in [0.1, 0.15) is 53.5 Å². The number of carbonyl (C=O) groups is 3. The third kappa shape index (κ3) is 4.66. The van der Waals surface area contributed by atoms with Gasteiger partial charge in [0.25, 0.3) is 5.91 Å². The van der Waals surface area contributed by atoms with E-state index in [1.54, 1.807) is 31.2 Å². The lowest BCUT2D eigenvalue weighted by Gasteiger charge is -2.11. The molecule has 1 heterocycles. The zero-order chi connectivity index (χ0) is 21.8. The van der Waals surface area contributed by atoms with E-state index < -0.39 is 11.9 Å². The van der Waals surface area contributed by atoms with Gasteiger partial charge in [0, 0.05) is 11.3 Å². The molecule has 1 aromatic heterocycles. The molecule has 0 unspecified atom stereocenters. The first-order chi connectivity index (χ1) is 14.3. The molecule has 6 nitrogen and oxygen atoms in total. The molecule has 0 aliphatic rings. The monoisotopic (exact) mass is 405 g/mol. The minimum atomic E-state index is -0.640. The third-order valence-electron chi connectivity index (χ3n) is 4.94. The number of furan rings is 1. The Kier molecular flexibility index (Phi) is 6.16. The summed E-state index contributed by atoms with van der Waals surface area (Å²) in [5.41, 5.74) is 4.96. The van der Waals surface area contributed by atoms with E-state index in [4.69, 9.17) is 9.15 Å². The lowest BCUT2D eigenvalue weighted by Crippen LogP contribution is -2.16. The summed E-state index contributed by atoms with van der Waals surface area (Å²) in [5.74, 6) is -1.16. The highest BCUT2D eigenvalue weighted by atomic mass is 16.5. The van der Waals surface area contributed by atoms with Gasteiger partial charge in [-0.3, -0.25) is 9.59 Å². The van der Waals surface area contributed by atoms with Gasteiger partial charge in [0.15, 0.2) is 12.4 Å². The molecule has 0 spiro atoms. The van der Waals surface area contributed by atoms with Crippen molar-refractivity contribution in [1.82, 2.24) is 0 Å². The number of ketones is 1. The molecule has 0 saturated heterocycles. The van der Waals surface area contributed by atoms with E-state index in [-0.39, 0.29) is 23.7 Å². The third-order valence-corrected chi connectivity index (χ3v) is 4.94. The normalized spacial score (nSPS) is 10.5. The molecular weight excluding hydrogens is 382 g/mol. The van der Waals surface area contributed by atoms with Crippen molar-refractivity contribution < 1.29 is 23.5 Å². The Morgan fingerprint density at radius 1 is 0.900 bits per heavy atom. The summed E-state index contributed by atoms with van der Waals surface area (Å²) in [6, 6.07) is 11.7. The Bertz CT molecular complexity index is 1110. The molecule has 0 atom stereocenters. The van der Waals surface area contributed by atoms with Crippen LogP contribution in [0.4, 0.5) is 5.69 Å². The van der Waals surface area contributed by atoms with Crippen molar-refractivity contribution in [2.45, 2.75) is 27.7 Å². The van der Waals surface area contributed by atoms with E-state index in [1.165, 1.54) is 12.3 Å². The van der Waals surface area contributed by atoms with E-state index in [2.05, 4.69) is 5.32 Å². The summed E-state index contributed by atoms with van der Waals surface area (Å²) in [5, 5.41) is 2.71. The summed E-state index contributed by atoms with van der Waals surface area (Å²) < 4.78 is 10.3. The van der Waals surface area contributed by atoms with Gasteiger partial charge >= 0.3 is 5.97 Å². The van der Waals surface area contributed by atoms with Gasteiger partial charge < -0.3 is 14.5 Å². The zero-order valence-corrected chi connectivity index (χ0v) is 17.4. The van der Waals surface area contributed by atoms with Crippen molar-refractivity contribution in [2.24, 2.45) is 0 Å². The molecule has 0 aliphatic heterocycles. The number of hydrogen-bond acceptors (Lipinski definition) is 5. The number of rotatable bonds is 6. The number of hydrogen-bond donors (Lipinski definition) is 1. The number of amides is 1. The minimum absolute atomic E-state index is 0.164. The van der Waals surface area contributed by atoms with E-state index in [1.807, 2.05) is 32.9 Å². The summed E-state index contributed by atoms with van der Waals surface area (Å²) >= 11 is 0. The van der Waals surface area contributed by atoms with Gasteiger partial charge in [-0.1, -0.05) is 12.1 Å². The SMILES string of the molecule is Cc1cc(C)c(C(=O)COC(=O)c2ccc(C)c(NC(=O)c3ccco3)c2)cc1C. The quantitative estimate of drug-likeness (QED) is 0.470. The van der Waals surface area contributed by atoms with Crippen LogP contribution in [0.15, 0.2) is 53.1 Å². The van der Waals surface area contributed by atoms with Crippen LogP contribution in [-0.2, 0) is 4.74 Å². The number of aryl methyl sites for hydroxylation is 4. The Morgan fingerprint density at radius 3 is 2.33 bits per heavy atom. The number of nitrogens with one attached hydrogen (secondary N) is 1. The molecule has 0 aliphatic carbocycles. The van der Waals surface area contributed by atoms with Crippen LogP contribution < -0.4 is 5.32 Å². The molecule has 3 rings (SSSR count). The standard InChI is InChI=1S/C24H23NO5/c1-14-7-8-18(12-20(14)25-23(27)22-6-5-9-29-22)24(28)30-13-21(26)19-11-16(3)15(2)10-17(19)4/h5-12H,13H2,1-4H3,(H,25,27). The first-order valence-corrected chi connectivity index (χ1v) is 9.50. The fourth-order valence-corrected chi connectivity index (χ4v) is 3.03. The van der Waals surface area contributed by atoms with E-state index >= 15 is 0 Å². The van der Waals surface area contributed by atoms with E-state index in [9.17, 15) is 14.4 Å². The van der Waals surface area contributed by atoms with Crippen molar-refractivity contribution in [3.05, 3.63) is 87.9 Å². The van der Waals surface area contributed by atoms with Crippen molar-refractivity contribution in [2.75, 3.05) is 11.9 Å². The zero-order valence-electron chi connectivity index (χ0n) is 17.4. The molecule has 1 amide bonds. The lowest BCUT2D eigenvalue weighted by molar-refractivity contribution is 0.0474. The number of anilines is 1. The van der Waals surface area contributed by atoms with Crippen LogP contribution in [0.25, 0.3) is 0 Å². The maximum Gasteiger partial charge on any atom is 0.338 e. The summed E-state index contributed by atoms with van der Waals surface area (Å²) in [4.78, 5) is 37.2. The van der Waals surface area contributed by atoms with Gasteiger partial charge in [-0.2, -0.15) is 0 Å². The minimum Gasteiger partial charge on any atom is -0.459 e. The average molecular weight is 405 g/mol. The topological polar surface area (TPSA) is 85.6 Å². The van der Waals surface area contributed by atoms with Crippen molar-refractivity contribution in [3.63, 3.8) is 0 Å². The fourth-order valence-electron chi connectivity index (χ4n) is 3.03. The summed E-state index contributed by atoms with van der Waals surface area (Å²) in [6.45, 7) is 7.22. The van der Waals surface area contributed by atoms with Gasteiger partial charge in [-0.05, 0) is 80.3 Å². The number of Topliss-reactive ketones (excluding diaryl/α,β-unsaturated/α-hetero) is 1. The molecule has 154 valence electrons. The molecule has 30 heavy (non-hydrogen) atoms. The Labute approximate surface area is 174 Å². The average Bonchev–Trinajstić information content (AvgIpc) is 3.25. The van der Waals surface area contributed by atoms with Crippen LogP contribution >= 0.6 is 0 Å². The van der Waals surface area contributed by atoms with E-state index in [0.29, 0.717) is 11.3 Å². The van der Waals surface area contributed by atoms with Crippen molar-refractivity contribution in [1.29, 1.82) is 0 Å². The van der Waals surface area contributed by atoms with Gasteiger partial charge in [0.2, 0.25) is 5.78 Å². The lowest BCUT2D eigenvalue weighted by atomic mass is 9.98. The molecule has 0 fully saturated rings.